The molecule has 2 N–H and O–H groups in total. The molecule has 1 unspecified atom stereocenters. The summed E-state index contributed by atoms with van der Waals surface area (Å²) < 4.78 is 5.03. The van der Waals surface area contributed by atoms with Gasteiger partial charge in [0.25, 0.3) is 0 Å². The number of carbonyl (C=O) groups is 2. The van der Waals surface area contributed by atoms with Crippen LogP contribution in [0.25, 0.3) is 0 Å². The number of carboxylic acid groups (broad SMARTS) is 1. The second kappa shape index (κ2) is 12.2. The van der Waals surface area contributed by atoms with Gasteiger partial charge < -0.3 is 19.8 Å². The molecule has 1 fully saturated rings. The van der Waals surface area contributed by atoms with Crippen molar-refractivity contribution in [3.8, 4) is 6.07 Å². The van der Waals surface area contributed by atoms with E-state index < -0.39 is 12.1 Å². The van der Waals surface area contributed by atoms with E-state index >= 15 is 0 Å². The van der Waals surface area contributed by atoms with Crippen molar-refractivity contribution in [2.45, 2.75) is 63.5 Å². The Balaban J connectivity index is 1.78. The van der Waals surface area contributed by atoms with E-state index in [1.54, 1.807) is 6.07 Å². The first-order chi connectivity index (χ1) is 14.0. The lowest BCUT2D eigenvalue weighted by molar-refractivity contribution is -0.142. The lowest BCUT2D eigenvalue weighted by Gasteiger charge is -2.36. The van der Waals surface area contributed by atoms with Gasteiger partial charge in [0.2, 0.25) is 5.91 Å². The zero-order valence-corrected chi connectivity index (χ0v) is 16.8. The van der Waals surface area contributed by atoms with Crippen molar-refractivity contribution < 1.29 is 24.5 Å². The molecule has 0 aliphatic carbocycles. The summed E-state index contributed by atoms with van der Waals surface area (Å²) >= 11 is 0. The van der Waals surface area contributed by atoms with Crippen molar-refractivity contribution in [3.63, 3.8) is 0 Å². The molecule has 158 valence electrons. The molecule has 1 aromatic rings. The highest BCUT2D eigenvalue weighted by Crippen LogP contribution is 2.24. The van der Waals surface area contributed by atoms with Gasteiger partial charge in [0.05, 0.1) is 17.7 Å². The maximum absolute atomic E-state index is 12.4. The highest BCUT2D eigenvalue weighted by atomic mass is 16.5. The molecule has 7 nitrogen and oxygen atoms in total. The second-order valence-corrected chi connectivity index (χ2v) is 7.49. The first-order valence-corrected chi connectivity index (χ1v) is 10.3. The monoisotopic (exact) mass is 402 g/mol. The van der Waals surface area contributed by atoms with Gasteiger partial charge in [0.1, 0.15) is 6.61 Å². The summed E-state index contributed by atoms with van der Waals surface area (Å²) in [5, 5.41) is 28.2. The molecule has 0 bridgehead atoms. The molecule has 1 saturated heterocycles. The summed E-state index contributed by atoms with van der Waals surface area (Å²) in [6.07, 6.45) is 5.03. The van der Waals surface area contributed by atoms with Gasteiger partial charge in [-0.3, -0.25) is 4.79 Å². The lowest BCUT2D eigenvalue weighted by atomic mass is 9.93. The average Bonchev–Trinajstić information content (AvgIpc) is 2.70. The molecule has 2 atom stereocenters. The van der Waals surface area contributed by atoms with Crippen LogP contribution in [0, 0.1) is 11.3 Å². The van der Waals surface area contributed by atoms with Gasteiger partial charge in [0.15, 0.2) is 0 Å². The number of benzene rings is 1. The number of piperidine rings is 1. The second-order valence-electron chi connectivity index (χ2n) is 7.49. The summed E-state index contributed by atoms with van der Waals surface area (Å²) in [5.74, 6) is -0.829. The molecule has 1 aliphatic rings. The molecule has 7 heteroatoms. The third-order valence-electron chi connectivity index (χ3n) is 5.28. The van der Waals surface area contributed by atoms with Crippen LogP contribution in [-0.2, 0) is 20.7 Å². The summed E-state index contributed by atoms with van der Waals surface area (Å²) in [5.41, 5.74) is 1.44. The molecule has 0 aromatic heterocycles. The van der Waals surface area contributed by atoms with Crippen LogP contribution in [-0.4, -0.2) is 58.9 Å². The SMILES string of the molecule is N#Cc1ccccc1CC(O)CC[C@H]1CCCC(=O)N1CCCCOCC(=O)O. The van der Waals surface area contributed by atoms with Crippen LogP contribution in [0.5, 0.6) is 0 Å². The number of carboxylic acids is 1. The van der Waals surface area contributed by atoms with Gasteiger partial charge in [-0.25, -0.2) is 4.79 Å². The minimum absolute atomic E-state index is 0.122. The Morgan fingerprint density at radius 3 is 2.90 bits per heavy atom. The number of hydrogen-bond donors (Lipinski definition) is 2. The Morgan fingerprint density at radius 2 is 2.14 bits per heavy atom. The maximum atomic E-state index is 12.4. The highest BCUT2D eigenvalue weighted by Gasteiger charge is 2.27. The van der Waals surface area contributed by atoms with Crippen molar-refractivity contribution in [1.82, 2.24) is 4.90 Å². The van der Waals surface area contributed by atoms with Crippen molar-refractivity contribution in [1.29, 1.82) is 5.26 Å². The highest BCUT2D eigenvalue weighted by molar-refractivity contribution is 5.77. The van der Waals surface area contributed by atoms with Gasteiger partial charge in [-0.1, -0.05) is 18.2 Å². The smallest absolute Gasteiger partial charge is 0.329 e. The number of carbonyl (C=O) groups excluding carboxylic acids is 1. The quantitative estimate of drug-likeness (QED) is 0.520. The van der Waals surface area contributed by atoms with E-state index in [0.29, 0.717) is 44.4 Å². The fourth-order valence-electron chi connectivity index (χ4n) is 3.79. The van der Waals surface area contributed by atoms with Gasteiger partial charge in [-0.2, -0.15) is 5.26 Å². The molecule has 29 heavy (non-hydrogen) atoms. The molecule has 2 rings (SSSR count). The number of aliphatic hydroxyl groups is 1. The van der Waals surface area contributed by atoms with E-state index in [-0.39, 0.29) is 18.6 Å². The molecule has 0 spiro atoms. The summed E-state index contributed by atoms with van der Waals surface area (Å²) in [7, 11) is 0. The van der Waals surface area contributed by atoms with Crippen molar-refractivity contribution >= 4 is 11.9 Å². The van der Waals surface area contributed by atoms with Crippen LogP contribution >= 0.6 is 0 Å². The van der Waals surface area contributed by atoms with E-state index in [0.717, 1.165) is 31.2 Å². The Kier molecular flexibility index (Phi) is 9.62. The Hall–Kier alpha value is -2.43. The number of aliphatic hydroxyl groups excluding tert-OH is 1. The van der Waals surface area contributed by atoms with Crippen molar-refractivity contribution in [2.24, 2.45) is 0 Å². The van der Waals surface area contributed by atoms with Crippen LogP contribution in [0.1, 0.15) is 56.1 Å². The van der Waals surface area contributed by atoms with Gasteiger partial charge >= 0.3 is 5.97 Å². The van der Waals surface area contributed by atoms with E-state index in [4.69, 9.17) is 9.84 Å². The Labute approximate surface area is 171 Å². The average molecular weight is 402 g/mol. The number of nitriles is 1. The molecule has 1 amide bonds. The van der Waals surface area contributed by atoms with Gasteiger partial charge in [-0.15, -0.1) is 0 Å². The first kappa shape index (κ1) is 22.9. The molecule has 1 aromatic carbocycles. The van der Waals surface area contributed by atoms with Gasteiger partial charge in [-0.05, 0) is 56.6 Å². The minimum Gasteiger partial charge on any atom is -0.480 e. The number of rotatable bonds is 12. The molecular formula is C22H30N2O5. The standard InChI is InChI=1S/C22H30N2O5/c23-15-18-7-2-1-6-17(18)14-20(25)11-10-19-8-5-9-21(26)24(19)12-3-4-13-29-16-22(27)28/h1-2,6-7,19-20,25H,3-5,8-14,16H2,(H,27,28)/t19-,20?/m1/s1. The fourth-order valence-corrected chi connectivity index (χ4v) is 3.79. The Morgan fingerprint density at radius 1 is 1.34 bits per heavy atom. The van der Waals surface area contributed by atoms with Crippen molar-refractivity contribution in [3.05, 3.63) is 35.4 Å². The number of ether oxygens (including phenoxy) is 1. The minimum atomic E-state index is -0.979. The number of likely N-dealkylation sites (tertiary alicyclic amines) is 1. The van der Waals surface area contributed by atoms with E-state index in [9.17, 15) is 20.0 Å². The maximum Gasteiger partial charge on any atom is 0.329 e. The predicted octanol–water partition coefficient (Wildman–Crippen LogP) is 2.50. The molecule has 1 aliphatic heterocycles. The van der Waals surface area contributed by atoms with Crippen LogP contribution < -0.4 is 0 Å². The number of aliphatic carboxylic acids is 1. The molecule has 1 heterocycles. The number of nitrogens with zero attached hydrogens (tertiary/aromatic N) is 2. The first-order valence-electron chi connectivity index (χ1n) is 10.3. The lowest BCUT2D eigenvalue weighted by Crippen LogP contribution is -2.44. The summed E-state index contributed by atoms with van der Waals surface area (Å²) in [6, 6.07) is 9.58. The summed E-state index contributed by atoms with van der Waals surface area (Å²) in [6.45, 7) is 0.710. The number of amides is 1. The van der Waals surface area contributed by atoms with E-state index in [2.05, 4.69) is 6.07 Å². The fraction of sp³-hybridized carbons (Fsp3) is 0.591. The summed E-state index contributed by atoms with van der Waals surface area (Å²) in [4.78, 5) is 24.7. The third kappa shape index (κ3) is 7.84. The third-order valence-corrected chi connectivity index (χ3v) is 5.28. The normalized spacial score (nSPS) is 17.7. The topological polar surface area (TPSA) is 111 Å². The molecule has 0 radical (unpaired) electrons. The largest absolute Gasteiger partial charge is 0.480 e. The zero-order chi connectivity index (χ0) is 21.1. The Bertz CT molecular complexity index is 715. The number of hydrogen-bond acceptors (Lipinski definition) is 5. The van der Waals surface area contributed by atoms with Crippen LogP contribution in [0.3, 0.4) is 0 Å². The number of unbranched alkanes of at least 4 members (excludes halogenated alkanes) is 1. The molecule has 0 saturated carbocycles. The van der Waals surface area contributed by atoms with Crippen LogP contribution in [0.4, 0.5) is 0 Å². The predicted molar refractivity (Wildman–Crippen MR) is 107 cm³/mol. The van der Waals surface area contributed by atoms with Crippen molar-refractivity contribution in [2.75, 3.05) is 19.8 Å². The molecular weight excluding hydrogens is 372 g/mol. The van der Waals surface area contributed by atoms with Gasteiger partial charge in [0, 0.05) is 25.6 Å². The van der Waals surface area contributed by atoms with Crippen LogP contribution in [0.2, 0.25) is 0 Å². The zero-order valence-electron chi connectivity index (χ0n) is 16.8. The van der Waals surface area contributed by atoms with Crippen LogP contribution in [0.15, 0.2) is 24.3 Å². The van der Waals surface area contributed by atoms with E-state index in [1.807, 2.05) is 23.1 Å². The van der Waals surface area contributed by atoms with E-state index in [1.165, 1.54) is 0 Å².